The first kappa shape index (κ1) is 48.9. The van der Waals surface area contributed by atoms with E-state index in [0.29, 0.717) is 11.3 Å². The Balaban J connectivity index is 0.000000157. The van der Waals surface area contributed by atoms with E-state index in [1.54, 1.807) is 108 Å². The van der Waals surface area contributed by atoms with Crippen LogP contribution in [0.4, 0.5) is 0 Å². The summed E-state index contributed by atoms with van der Waals surface area (Å²) < 4.78 is 62.4. The molecule has 0 bridgehead atoms. The largest absolute Gasteiger partial charge is 0.269 e. The number of unbranched alkanes of at least 4 members (excludes halogenated alkanes) is 3. The molecule has 0 amide bonds. The molecule has 326 valence electrons. The second-order valence-electron chi connectivity index (χ2n) is 14.6. The van der Waals surface area contributed by atoms with Gasteiger partial charge < -0.3 is 0 Å². The van der Waals surface area contributed by atoms with Crippen LogP contribution in [0.2, 0.25) is 13.3 Å². The smallest absolute Gasteiger partial charge is 0.244 e. The predicted octanol–water partition coefficient (Wildman–Crippen LogP) is 13.0. The molecular weight excluding hydrogens is 1210 g/mol. The number of nitrogens with zero attached hydrogens (tertiary/aromatic N) is 6. The first-order chi connectivity index (χ1) is 29.9. The summed E-state index contributed by atoms with van der Waals surface area (Å²) in [6, 6.07) is 20.4. The Labute approximate surface area is 407 Å². The number of hydrogen-bond donors (Lipinski definition) is 0. The van der Waals surface area contributed by atoms with E-state index in [2.05, 4.69) is 95.6 Å². The molecule has 0 spiro atoms. The van der Waals surface area contributed by atoms with Crippen molar-refractivity contribution < 1.29 is 16.8 Å². The molecule has 0 aliphatic rings. The van der Waals surface area contributed by atoms with E-state index in [4.69, 9.17) is 4.98 Å². The van der Waals surface area contributed by atoms with Crippen LogP contribution < -0.4 is 3.02 Å². The van der Waals surface area contributed by atoms with Gasteiger partial charge in [0.05, 0.1) is 9.79 Å². The molecule has 10 nitrogen and oxygen atoms in total. The summed E-state index contributed by atoms with van der Waals surface area (Å²) in [5, 5.41) is 6.35. The number of fused-ring (bicyclic) bond motifs is 2. The summed E-state index contributed by atoms with van der Waals surface area (Å²) >= 11 is 10.1. The summed E-state index contributed by atoms with van der Waals surface area (Å²) in [6.45, 7) is 6.99. The Hall–Kier alpha value is -2.53. The van der Waals surface area contributed by atoms with Gasteiger partial charge in [0, 0.05) is 65.2 Å². The van der Waals surface area contributed by atoms with Crippen molar-refractivity contribution in [1.82, 2.24) is 27.9 Å². The van der Waals surface area contributed by atoms with E-state index in [1.165, 1.54) is 57.8 Å². The van der Waals surface area contributed by atoms with Crippen LogP contribution in [-0.2, 0) is 20.0 Å². The molecule has 6 aromatic heterocycles. The number of benzene rings is 2. The van der Waals surface area contributed by atoms with Gasteiger partial charge >= 0.3 is 122 Å². The van der Waals surface area contributed by atoms with Gasteiger partial charge in [-0.05, 0) is 90.8 Å². The Morgan fingerprint density at radius 3 is 1.56 bits per heavy atom. The van der Waals surface area contributed by atoms with Gasteiger partial charge in [-0.25, -0.2) is 39.7 Å². The van der Waals surface area contributed by atoms with E-state index in [0.717, 1.165) is 33.9 Å². The molecule has 0 saturated carbocycles. The Morgan fingerprint density at radius 2 is 1.10 bits per heavy atom. The molecule has 0 N–H and O–H groups in total. The standard InChI is InChI=1S/C16H10BrN3O2S2.C13H8BrIN2O2S.3C4H9.C3H2NS.Sn/c17-11-8-13-14(16-18-6-7-23-16)10-20(15(13)19-9-11)24(21,22)12-4-2-1-3-5-12;14-9-6-11-12(15)8-17(13(11)16-7-9)20(18,19)10-4-2-1-3-5-10;3*1-3-4-2;1-2-5-3-4-1;/h1-10H;1-8H;3*1,3-4H2,2H3;1-2H;. The molecule has 18 heteroatoms. The Bertz CT molecular complexity index is 2880. The number of pyridine rings is 2. The number of halogens is 3. The van der Waals surface area contributed by atoms with Crippen molar-refractivity contribution in [3.05, 3.63) is 133 Å². The first-order valence-electron chi connectivity index (χ1n) is 20.3. The topological polar surface area (TPSA) is 130 Å². The molecule has 62 heavy (non-hydrogen) atoms. The molecule has 0 fully saturated rings. The van der Waals surface area contributed by atoms with Crippen LogP contribution in [-0.4, -0.2) is 63.1 Å². The predicted molar refractivity (Wildman–Crippen MR) is 273 cm³/mol. The van der Waals surface area contributed by atoms with Crippen molar-refractivity contribution >= 4 is 141 Å². The van der Waals surface area contributed by atoms with Crippen molar-refractivity contribution in [2.24, 2.45) is 0 Å². The van der Waals surface area contributed by atoms with Crippen molar-refractivity contribution in [2.75, 3.05) is 0 Å². The van der Waals surface area contributed by atoms with Gasteiger partial charge in [0.2, 0.25) is 0 Å². The maximum absolute atomic E-state index is 13.0. The van der Waals surface area contributed by atoms with Crippen LogP contribution in [0.15, 0.2) is 139 Å². The zero-order chi connectivity index (χ0) is 44.3. The minimum absolute atomic E-state index is 0.220. The molecule has 0 saturated heterocycles. The van der Waals surface area contributed by atoms with Gasteiger partial charge in [0.15, 0.2) is 11.3 Å². The van der Waals surface area contributed by atoms with Crippen molar-refractivity contribution in [2.45, 2.75) is 82.4 Å². The quantitative estimate of drug-likeness (QED) is 0.0733. The molecule has 0 atom stereocenters. The summed E-state index contributed by atoms with van der Waals surface area (Å²) in [5.74, 6) is 0. The molecule has 2 aromatic carbocycles. The molecule has 0 aliphatic carbocycles. The fraction of sp³-hybridized carbons (Fsp3) is 0.273. The maximum atomic E-state index is 13.0. The molecule has 0 aliphatic heterocycles. The zero-order valence-corrected chi connectivity index (χ0v) is 45.9. The van der Waals surface area contributed by atoms with Gasteiger partial charge in [-0.1, -0.05) is 36.4 Å². The fourth-order valence-electron chi connectivity index (χ4n) is 7.10. The molecule has 0 unspecified atom stereocenters. The molecular formula is C44H47Br2IN6O4S4Sn. The zero-order valence-electron chi connectivity index (χ0n) is 34.5. The minimum atomic E-state index is -3.73. The normalized spacial score (nSPS) is 11.9. The first-order valence-corrected chi connectivity index (χ1v) is 35.0. The van der Waals surface area contributed by atoms with E-state index in [1.807, 2.05) is 35.0 Å². The van der Waals surface area contributed by atoms with Crippen LogP contribution in [0.25, 0.3) is 32.6 Å². The van der Waals surface area contributed by atoms with Crippen molar-refractivity contribution in [3.8, 4) is 10.6 Å². The SMILES string of the molecule is CCC[CH2][Sn]([CH2]CCC)([CH2]CCC)[c]1nccs1.O=S(=O)(c1ccccc1)n1cc(-c2nccs2)c2cc(Br)cnc21.O=S(=O)(c1ccccc1)n1cc(I)c2cc(Br)cnc21. The molecule has 8 rings (SSSR count). The summed E-state index contributed by atoms with van der Waals surface area (Å²) in [6.07, 6.45) is 18.4. The van der Waals surface area contributed by atoms with Gasteiger partial charge in [0.1, 0.15) is 5.01 Å². The second-order valence-corrected chi connectivity index (χ2v) is 37.0. The van der Waals surface area contributed by atoms with E-state index in [9.17, 15) is 16.8 Å². The van der Waals surface area contributed by atoms with Gasteiger partial charge in [0.25, 0.3) is 20.0 Å². The summed E-state index contributed by atoms with van der Waals surface area (Å²) in [7, 11) is -7.36. The van der Waals surface area contributed by atoms with E-state index >= 15 is 0 Å². The van der Waals surface area contributed by atoms with Crippen LogP contribution in [0, 0.1) is 3.57 Å². The minimum Gasteiger partial charge on any atom is -0.244 e. The van der Waals surface area contributed by atoms with E-state index in [-0.39, 0.29) is 9.79 Å². The van der Waals surface area contributed by atoms with E-state index < -0.39 is 38.4 Å². The van der Waals surface area contributed by atoms with Gasteiger partial charge in [-0.15, -0.1) is 11.3 Å². The molecule has 6 heterocycles. The third-order valence-corrected chi connectivity index (χ3v) is 34.8. The monoisotopic (exact) mass is 1260 g/mol. The number of hydrogen-bond acceptors (Lipinski definition) is 10. The number of thiazole rings is 2. The van der Waals surface area contributed by atoms with Crippen molar-refractivity contribution in [1.29, 1.82) is 0 Å². The van der Waals surface area contributed by atoms with Crippen LogP contribution in [0.1, 0.15) is 59.3 Å². The number of rotatable bonds is 15. The second kappa shape index (κ2) is 22.6. The number of aromatic nitrogens is 6. The maximum Gasteiger partial charge on any atom is 0.269 e. The average Bonchev–Trinajstić information content (AvgIpc) is 4.13. The summed E-state index contributed by atoms with van der Waals surface area (Å²) in [5.41, 5.74) is 1.56. The van der Waals surface area contributed by atoms with Crippen molar-refractivity contribution in [3.63, 3.8) is 0 Å². The molecule has 8 aromatic rings. The average molecular weight is 1260 g/mol. The van der Waals surface area contributed by atoms with Crippen LogP contribution >= 0.6 is 77.1 Å². The van der Waals surface area contributed by atoms with Crippen LogP contribution in [0.5, 0.6) is 0 Å². The Morgan fingerprint density at radius 1 is 0.629 bits per heavy atom. The summed E-state index contributed by atoms with van der Waals surface area (Å²) in [4.78, 5) is 18.1. The van der Waals surface area contributed by atoms with Gasteiger partial charge in [-0.2, -0.15) is 0 Å². The molecule has 0 radical (unpaired) electrons. The van der Waals surface area contributed by atoms with Crippen LogP contribution in [0.3, 0.4) is 0 Å². The Kier molecular flexibility index (Phi) is 17.8. The van der Waals surface area contributed by atoms with Gasteiger partial charge in [-0.3, -0.25) is 0 Å². The third kappa shape index (κ3) is 11.5. The fourth-order valence-corrected chi connectivity index (χ4v) is 31.2. The third-order valence-electron chi connectivity index (χ3n) is 10.3.